The first-order chi connectivity index (χ1) is 6.83. The molecule has 2 heteroatoms. The van der Waals surface area contributed by atoms with Crippen LogP contribution in [0.1, 0.15) is 39.5 Å². The Hall–Kier alpha value is -0.0800. The molecule has 0 aromatic heterocycles. The second-order valence-corrected chi connectivity index (χ2v) is 4.63. The summed E-state index contributed by atoms with van der Waals surface area (Å²) in [5.41, 5.74) is 0. The first-order valence-electron chi connectivity index (χ1n) is 6.26. The molecule has 1 rings (SSSR count). The van der Waals surface area contributed by atoms with Crippen molar-refractivity contribution in [3.8, 4) is 0 Å². The number of rotatable bonds is 6. The van der Waals surface area contributed by atoms with Gasteiger partial charge in [0.1, 0.15) is 0 Å². The van der Waals surface area contributed by atoms with E-state index in [0.29, 0.717) is 0 Å². The molecule has 0 bridgehead atoms. The van der Waals surface area contributed by atoms with Crippen molar-refractivity contribution in [1.82, 2.24) is 10.2 Å². The fraction of sp³-hybridized carbons (Fsp3) is 1.00. The number of unbranched alkanes of at least 4 members (excludes halogenated alkanes) is 1. The van der Waals surface area contributed by atoms with E-state index in [1.807, 2.05) is 0 Å². The van der Waals surface area contributed by atoms with Crippen molar-refractivity contribution < 1.29 is 0 Å². The zero-order valence-corrected chi connectivity index (χ0v) is 9.89. The number of nitrogens with one attached hydrogen (secondary N) is 1. The van der Waals surface area contributed by atoms with E-state index in [9.17, 15) is 0 Å². The van der Waals surface area contributed by atoms with Crippen LogP contribution in [-0.2, 0) is 0 Å². The van der Waals surface area contributed by atoms with Crippen LogP contribution in [0.2, 0.25) is 0 Å². The van der Waals surface area contributed by atoms with Gasteiger partial charge in [0.15, 0.2) is 0 Å². The lowest BCUT2D eigenvalue weighted by atomic mass is 9.99. The maximum atomic E-state index is 3.50. The molecule has 1 heterocycles. The minimum atomic E-state index is 0.958. The van der Waals surface area contributed by atoms with Crippen LogP contribution in [0, 0.1) is 5.92 Å². The summed E-state index contributed by atoms with van der Waals surface area (Å²) < 4.78 is 0. The molecule has 0 radical (unpaired) electrons. The van der Waals surface area contributed by atoms with Crippen LogP contribution < -0.4 is 5.32 Å². The van der Waals surface area contributed by atoms with Gasteiger partial charge in [-0.1, -0.05) is 20.3 Å². The third-order valence-electron chi connectivity index (χ3n) is 3.19. The lowest BCUT2D eigenvalue weighted by Crippen LogP contribution is -2.37. The van der Waals surface area contributed by atoms with Crippen LogP contribution >= 0.6 is 0 Å². The molecule has 0 aliphatic carbocycles. The zero-order valence-electron chi connectivity index (χ0n) is 9.89. The van der Waals surface area contributed by atoms with Gasteiger partial charge in [-0.2, -0.15) is 0 Å². The molecule has 1 saturated heterocycles. The second kappa shape index (κ2) is 7.24. The Morgan fingerprint density at radius 1 is 1.21 bits per heavy atom. The van der Waals surface area contributed by atoms with Gasteiger partial charge in [0.2, 0.25) is 0 Å². The average Bonchev–Trinajstić information content (AvgIpc) is 2.21. The normalized spacial score (nSPS) is 20.1. The Morgan fingerprint density at radius 3 is 2.57 bits per heavy atom. The average molecular weight is 198 g/mol. The van der Waals surface area contributed by atoms with Crippen molar-refractivity contribution in [2.75, 3.05) is 32.7 Å². The Kier molecular flexibility index (Phi) is 6.20. The molecule has 0 amide bonds. The quantitative estimate of drug-likeness (QED) is 0.658. The van der Waals surface area contributed by atoms with Gasteiger partial charge in [-0.15, -0.1) is 0 Å². The molecule has 84 valence electrons. The molecule has 1 aliphatic heterocycles. The van der Waals surface area contributed by atoms with E-state index < -0.39 is 0 Å². The van der Waals surface area contributed by atoms with Gasteiger partial charge in [0.25, 0.3) is 0 Å². The predicted molar refractivity (Wildman–Crippen MR) is 62.6 cm³/mol. The molecule has 0 saturated carbocycles. The third-order valence-corrected chi connectivity index (χ3v) is 3.19. The van der Waals surface area contributed by atoms with Gasteiger partial charge in [-0.05, 0) is 44.8 Å². The minimum absolute atomic E-state index is 0.958. The highest BCUT2D eigenvalue weighted by Gasteiger charge is 2.14. The fourth-order valence-electron chi connectivity index (χ4n) is 1.95. The third kappa shape index (κ3) is 4.97. The molecular formula is C12H26N2. The molecule has 0 atom stereocenters. The molecule has 0 spiro atoms. The van der Waals surface area contributed by atoms with Crippen molar-refractivity contribution in [3.05, 3.63) is 0 Å². The summed E-state index contributed by atoms with van der Waals surface area (Å²) in [6, 6.07) is 0. The van der Waals surface area contributed by atoms with Crippen LogP contribution in [-0.4, -0.2) is 37.6 Å². The maximum absolute atomic E-state index is 3.50. The first kappa shape index (κ1) is 12.0. The van der Waals surface area contributed by atoms with E-state index >= 15 is 0 Å². The maximum Gasteiger partial charge on any atom is 0.0107 e. The molecule has 0 aromatic carbocycles. The van der Waals surface area contributed by atoms with Crippen molar-refractivity contribution in [2.45, 2.75) is 39.5 Å². The number of hydrogen-bond donors (Lipinski definition) is 1. The highest BCUT2D eigenvalue weighted by Crippen LogP contribution is 2.14. The second-order valence-electron chi connectivity index (χ2n) is 4.63. The van der Waals surface area contributed by atoms with Crippen LogP contribution in [0.3, 0.4) is 0 Å². The highest BCUT2D eigenvalue weighted by molar-refractivity contribution is 4.69. The van der Waals surface area contributed by atoms with Crippen molar-refractivity contribution >= 4 is 0 Å². The van der Waals surface area contributed by atoms with Gasteiger partial charge >= 0.3 is 0 Å². The topological polar surface area (TPSA) is 15.3 Å². The molecule has 0 unspecified atom stereocenters. The van der Waals surface area contributed by atoms with E-state index in [1.165, 1.54) is 58.4 Å². The standard InChI is InChI=1S/C12H26N2/c1-3-4-7-13-8-11-14-9-5-12(2)6-10-14/h12-13H,3-11H2,1-2H3. The van der Waals surface area contributed by atoms with E-state index in [2.05, 4.69) is 24.1 Å². The Labute approximate surface area is 89.1 Å². The summed E-state index contributed by atoms with van der Waals surface area (Å²) in [7, 11) is 0. The minimum Gasteiger partial charge on any atom is -0.315 e. The fourth-order valence-corrected chi connectivity index (χ4v) is 1.95. The monoisotopic (exact) mass is 198 g/mol. The lowest BCUT2D eigenvalue weighted by Gasteiger charge is -2.30. The van der Waals surface area contributed by atoms with Crippen molar-refractivity contribution in [1.29, 1.82) is 0 Å². The smallest absolute Gasteiger partial charge is 0.0107 e. The van der Waals surface area contributed by atoms with Crippen LogP contribution in [0.5, 0.6) is 0 Å². The first-order valence-corrected chi connectivity index (χ1v) is 6.26. The summed E-state index contributed by atoms with van der Waals surface area (Å²) >= 11 is 0. The van der Waals surface area contributed by atoms with Gasteiger partial charge in [0.05, 0.1) is 0 Å². The molecule has 0 aromatic rings. The molecule has 1 fully saturated rings. The zero-order chi connectivity index (χ0) is 10.2. The summed E-state index contributed by atoms with van der Waals surface area (Å²) in [5, 5.41) is 3.50. The van der Waals surface area contributed by atoms with Gasteiger partial charge in [0, 0.05) is 13.1 Å². The summed E-state index contributed by atoms with van der Waals surface area (Å²) in [6.45, 7) is 10.9. The Bertz CT molecular complexity index is 128. The highest BCUT2D eigenvalue weighted by atomic mass is 15.1. The van der Waals surface area contributed by atoms with Crippen molar-refractivity contribution in [2.24, 2.45) is 5.92 Å². The predicted octanol–water partition coefficient (Wildman–Crippen LogP) is 2.11. The number of likely N-dealkylation sites (tertiary alicyclic amines) is 1. The van der Waals surface area contributed by atoms with Gasteiger partial charge in [-0.25, -0.2) is 0 Å². The molecular weight excluding hydrogens is 172 g/mol. The molecule has 2 nitrogen and oxygen atoms in total. The van der Waals surface area contributed by atoms with Crippen LogP contribution in [0.25, 0.3) is 0 Å². The molecule has 14 heavy (non-hydrogen) atoms. The van der Waals surface area contributed by atoms with E-state index in [1.54, 1.807) is 0 Å². The van der Waals surface area contributed by atoms with E-state index in [4.69, 9.17) is 0 Å². The number of nitrogens with zero attached hydrogens (tertiary/aromatic N) is 1. The van der Waals surface area contributed by atoms with Crippen molar-refractivity contribution in [3.63, 3.8) is 0 Å². The van der Waals surface area contributed by atoms with Crippen LogP contribution in [0.4, 0.5) is 0 Å². The SMILES string of the molecule is CCCCNCCN1CCC(C)CC1. The number of hydrogen-bond acceptors (Lipinski definition) is 2. The van der Waals surface area contributed by atoms with E-state index in [0.717, 1.165) is 5.92 Å². The number of piperidine rings is 1. The Morgan fingerprint density at radius 2 is 1.93 bits per heavy atom. The van der Waals surface area contributed by atoms with E-state index in [-0.39, 0.29) is 0 Å². The lowest BCUT2D eigenvalue weighted by molar-refractivity contribution is 0.193. The molecule has 1 aliphatic rings. The summed E-state index contributed by atoms with van der Waals surface area (Å²) in [4.78, 5) is 2.60. The molecule has 1 N–H and O–H groups in total. The summed E-state index contributed by atoms with van der Waals surface area (Å²) in [5.74, 6) is 0.958. The Balaban J connectivity index is 1.91. The van der Waals surface area contributed by atoms with Gasteiger partial charge < -0.3 is 10.2 Å². The largest absolute Gasteiger partial charge is 0.315 e. The van der Waals surface area contributed by atoms with Crippen LogP contribution in [0.15, 0.2) is 0 Å². The van der Waals surface area contributed by atoms with Gasteiger partial charge in [-0.3, -0.25) is 0 Å². The summed E-state index contributed by atoms with van der Waals surface area (Å²) in [6.07, 6.45) is 5.41.